The van der Waals surface area contributed by atoms with Crippen LogP contribution in [0, 0.1) is 0 Å². The molecule has 0 bridgehead atoms. The van der Waals surface area contributed by atoms with E-state index in [9.17, 15) is 0 Å². The molecular weight excluding hydrogens is 363 g/mol. The van der Waals surface area contributed by atoms with Gasteiger partial charge in [-0.05, 0) is 69.0 Å². The average molecular weight is 385 g/mol. The van der Waals surface area contributed by atoms with E-state index >= 15 is 0 Å². The lowest BCUT2D eigenvalue weighted by Gasteiger charge is -2.20. The molecule has 6 heteroatoms. The monoisotopic (exact) mass is 384 g/mol. The molecule has 0 spiro atoms. The highest BCUT2D eigenvalue weighted by Crippen LogP contribution is 2.30. The lowest BCUT2D eigenvalue weighted by molar-refractivity contribution is 0.229. The summed E-state index contributed by atoms with van der Waals surface area (Å²) in [5.41, 5.74) is 2.33. The summed E-state index contributed by atoms with van der Waals surface area (Å²) in [6.07, 6.45) is 2.77. The maximum atomic E-state index is 6.07. The fourth-order valence-electron chi connectivity index (χ4n) is 2.33. The minimum atomic E-state index is 0.104. The van der Waals surface area contributed by atoms with Crippen molar-refractivity contribution in [3.8, 4) is 5.88 Å². The van der Waals surface area contributed by atoms with Crippen molar-refractivity contribution >= 4 is 35.1 Å². The third-order valence-electron chi connectivity index (χ3n) is 3.46. The molecule has 1 heterocycles. The van der Waals surface area contributed by atoms with Gasteiger partial charge >= 0.3 is 0 Å². The molecule has 0 radical (unpaired) electrons. The molecule has 1 aromatic heterocycles. The molecule has 0 saturated heterocycles. The fraction of sp³-hybridized carbons (Fsp3) is 0.389. The lowest BCUT2D eigenvalue weighted by atomic mass is 10.0. The minimum absolute atomic E-state index is 0.104. The van der Waals surface area contributed by atoms with Gasteiger partial charge in [0.15, 0.2) is 0 Å². The van der Waals surface area contributed by atoms with E-state index in [1.54, 1.807) is 12.3 Å². The second kappa shape index (κ2) is 8.95. The van der Waals surface area contributed by atoms with Gasteiger partial charge in [-0.25, -0.2) is 4.98 Å². The molecule has 0 amide bonds. The summed E-state index contributed by atoms with van der Waals surface area (Å²) in [7, 11) is 0. The van der Waals surface area contributed by atoms with Crippen molar-refractivity contribution in [1.29, 1.82) is 0 Å². The molecule has 2 aromatic rings. The third kappa shape index (κ3) is 5.03. The largest absolute Gasteiger partial charge is 0.475 e. The van der Waals surface area contributed by atoms with E-state index in [1.165, 1.54) is 17.5 Å². The number of halogens is 2. The lowest BCUT2D eigenvalue weighted by Crippen LogP contribution is -2.15. The van der Waals surface area contributed by atoms with Crippen molar-refractivity contribution < 1.29 is 4.74 Å². The summed E-state index contributed by atoms with van der Waals surface area (Å²) in [5, 5.41) is 1.12. The highest BCUT2D eigenvalue weighted by molar-refractivity contribution is 7.97. The van der Waals surface area contributed by atoms with Crippen molar-refractivity contribution in [2.24, 2.45) is 0 Å². The van der Waals surface area contributed by atoms with E-state index in [2.05, 4.69) is 23.6 Å². The van der Waals surface area contributed by atoms with Gasteiger partial charge in [0.05, 0.1) is 16.1 Å². The second-order valence-electron chi connectivity index (χ2n) is 5.72. The van der Waals surface area contributed by atoms with Crippen LogP contribution in [0.15, 0.2) is 35.4 Å². The third-order valence-corrected chi connectivity index (χ3v) is 5.16. The van der Waals surface area contributed by atoms with Gasteiger partial charge in [0.2, 0.25) is 5.88 Å². The Morgan fingerprint density at radius 1 is 1.17 bits per heavy atom. The van der Waals surface area contributed by atoms with Gasteiger partial charge in [-0.15, -0.1) is 0 Å². The topological polar surface area (TPSA) is 34.2 Å². The molecule has 1 atom stereocenters. The Hall–Kier alpha value is -0.940. The van der Waals surface area contributed by atoms with Crippen LogP contribution < -0.4 is 9.46 Å². The fourth-order valence-corrected chi connectivity index (χ4v) is 3.45. The van der Waals surface area contributed by atoms with Crippen LogP contribution in [0.3, 0.4) is 0 Å². The van der Waals surface area contributed by atoms with Crippen LogP contribution in [-0.2, 0) is 6.42 Å². The van der Waals surface area contributed by atoms with Crippen LogP contribution in [0.1, 0.15) is 44.9 Å². The molecule has 0 aliphatic rings. The van der Waals surface area contributed by atoms with Gasteiger partial charge in [0.25, 0.3) is 0 Å². The first-order chi connectivity index (χ1) is 11.4. The van der Waals surface area contributed by atoms with Crippen LogP contribution in [-0.4, -0.2) is 11.1 Å². The summed E-state index contributed by atoms with van der Waals surface area (Å²) in [6.45, 7) is 8.26. The second-order valence-corrected chi connectivity index (χ2v) is 7.45. The molecule has 0 fully saturated rings. The maximum Gasteiger partial charge on any atom is 0.217 e. The zero-order chi connectivity index (χ0) is 17.7. The number of nitrogens with zero attached hydrogens (tertiary/aromatic N) is 1. The Morgan fingerprint density at radius 2 is 1.92 bits per heavy atom. The minimum Gasteiger partial charge on any atom is -0.475 e. The van der Waals surface area contributed by atoms with Crippen LogP contribution in [0.2, 0.25) is 10.0 Å². The first-order valence-electron chi connectivity index (χ1n) is 7.94. The SMILES string of the molecule is CCc1c(C(C)NSc2ccc(Cl)c(Cl)c2)ccnc1OC(C)C. The number of benzene rings is 1. The van der Waals surface area contributed by atoms with Crippen LogP contribution >= 0.6 is 35.1 Å². The summed E-state index contributed by atoms with van der Waals surface area (Å²) in [6, 6.07) is 7.78. The van der Waals surface area contributed by atoms with Crippen LogP contribution in [0.5, 0.6) is 5.88 Å². The van der Waals surface area contributed by atoms with Crippen molar-refractivity contribution in [2.45, 2.75) is 51.2 Å². The molecule has 1 unspecified atom stereocenters. The maximum absolute atomic E-state index is 6.07. The molecule has 3 nitrogen and oxygen atoms in total. The number of hydrogen-bond acceptors (Lipinski definition) is 4. The van der Waals surface area contributed by atoms with E-state index in [1.807, 2.05) is 32.0 Å². The van der Waals surface area contributed by atoms with E-state index in [0.29, 0.717) is 10.0 Å². The summed E-state index contributed by atoms with van der Waals surface area (Å²) in [4.78, 5) is 5.40. The standard InChI is InChI=1S/C18H22Cl2N2OS/c1-5-14-15(8-9-21-18(14)23-11(2)3)12(4)22-24-13-6-7-16(19)17(20)10-13/h6-12,22H,5H2,1-4H3. The zero-order valence-electron chi connectivity index (χ0n) is 14.3. The van der Waals surface area contributed by atoms with Gasteiger partial charge in [-0.2, -0.15) is 0 Å². The Labute approximate surface area is 158 Å². The quantitative estimate of drug-likeness (QED) is 0.585. The number of ether oxygens (including phenoxy) is 1. The first-order valence-corrected chi connectivity index (χ1v) is 9.51. The molecular formula is C18H22Cl2N2OS. The number of rotatable bonds is 7. The number of hydrogen-bond donors (Lipinski definition) is 1. The zero-order valence-corrected chi connectivity index (χ0v) is 16.6. The molecule has 0 aliphatic carbocycles. The molecule has 130 valence electrons. The molecule has 1 aromatic carbocycles. The van der Waals surface area contributed by atoms with Crippen molar-refractivity contribution in [3.05, 3.63) is 51.6 Å². The summed E-state index contributed by atoms with van der Waals surface area (Å²) < 4.78 is 9.29. The van der Waals surface area contributed by atoms with Crippen molar-refractivity contribution in [1.82, 2.24) is 9.71 Å². The molecule has 24 heavy (non-hydrogen) atoms. The van der Waals surface area contributed by atoms with Gasteiger partial charge < -0.3 is 4.74 Å². The number of pyridine rings is 1. The average Bonchev–Trinajstić information content (AvgIpc) is 2.55. The predicted octanol–water partition coefficient (Wildman–Crippen LogP) is 6.10. The smallest absolute Gasteiger partial charge is 0.217 e. The van der Waals surface area contributed by atoms with Gasteiger partial charge in [0, 0.05) is 22.7 Å². The van der Waals surface area contributed by atoms with E-state index in [-0.39, 0.29) is 12.1 Å². The molecule has 0 saturated carbocycles. The molecule has 1 N–H and O–H groups in total. The number of aromatic nitrogens is 1. The molecule has 2 rings (SSSR count). The van der Waals surface area contributed by atoms with E-state index < -0.39 is 0 Å². The first kappa shape index (κ1) is 19.4. The normalized spacial score (nSPS) is 12.5. The Kier molecular flexibility index (Phi) is 7.23. The summed E-state index contributed by atoms with van der Waals surface area (Å²) >= 11 is 13.6. The van der Waals surface area contributed by atoms with Crippen LogP contribution in [0.25, 0.3) is 0 Å². The van der Waals surface area contributed by atoms with Gasteiger partial charge in [0.1, 0.15) is 0 Å². The Balaban J connectivity index is 2.13. The Morgan fingerprint density at radius 3 is 2.54 bits per heavy atom. The van der Waals surface area contributed by atoms with Gasteiger partial charge in [-0.3, -0.25) is 4.72 Å². The van der Waals surface area contributed by atoms with Crippen LogP contribution in [0.4, 0.5) is 0 Å². The van der Waals surface area contributed by atoms with E-state index in [4.69, 9.17) is 27.9 Å². The molecule has 0 aliphatic heterocycles. The van der Waals surface area contributed by atoms with Crippen molar-refractivity contribution in [3.63, 3.8) is 0 Å². The van der Waals surface area contributed by atoms with Crippen molar-refractivity contribution in [2.75, 3.05) is 0 Å². The number of nitrogens with one attached hydrogen (secondary N) is 1. The van der Waals surface area contributed by atoms with E-state index in [0.717, 1.165) is 22.8 Å². The highest BCUT2D eigenvalue weighted by Gasteiger charge is 2.16. The Bertz CT molecular complexity index is 695. The summed E-state index contributed by atoms with van der Waals surface area (Å²) in [5.74, 6) is 0.721. The highest BCUT2D eigenvalue weighted by atomic mass is 35.5. The predicted molar refractivity (Wildman–Crippen MR) is 103 cm³/mol. The van der Waals surface area contributed by atoms with Gasteiger partial charge in [-0.1, -0.05) is 30.1 Å².